The van der Waals surface area contributed by atoms with Crippen LogP contribution in [0.5, 0.6) is 5.75 Å². The van der Waals surface area contributed by atoms with E-state index < -0.39 is 10.0 Å². The lowest BCUT2D eigenvalue weighted by molar-refractivity contribution is 0.415. The molecule has 0 heterocycles. The molecule has 2 rings (SSSR count). The van der Waals surface area contributed by atoms with Gasteiger partial charge in [0.15, 0.2) is 0 Å². The molecule has 0 saturated carbocycles. The van der Waals surface area contributed by atoms with Crippen molar-refractivity contribution in [3.05, 3.63) is 59.1 Å². The minimum absolute atomic E-state index is 0.138. The van der Waals surface area contributed by atoms with Crippen molar-refractivity contribution in [3.63, 3.8) is 0 Å². The Morgan fingerprint density at radius 2 is 1.90 bits per heavy atom. The lowest BCUT2D eigenvalue weighted by Gasteiger charge is -2.04. The quantitative estimate of drug-likeness (QED) is 0.679. The van der Waals surface area contributed by atoms with E-state index in [1.165, 1.54) is 25.5 Å². The van der Waals surface area contributed by atoms with Crippen LogP contribution in [0.25, 0.3) is 0 Å². The smallest absolute Gasteiger partial charge is 0.276 e. The Balaban J connectivity index is 2.16. The van der Waals surface area contributed by atoms with Crippen LogP contribution in [0, 0.1) is 0 Å². The van der Waals surface area contributed by atoms with Gasteiger partial charge in [0.25, 0.3) is 10.0 Å². The van der Waals surface area contributed by atoms with Crippen LogP contribution in [0.3, 0.4) is 0 Å². The van der Waals surface area contributed by atoms with E-state index in [1.54, 1.807) is 36.4 Å². The van der Waals surface area contributed by atoms with Gasteiger partial charge in [-0.15, -0.1) is 0 Å². The number of nitrogens with zero attached hydrogens (tertiary/aromatic N) is 1. The molecule has 2 aromatic rings. The maximum absolute atomic E-state index is 11.9. The number of rotatable bonds is 5. The first-order valence-electron chi connectivity index (χ1n) is 5.96. The molecular weight excluding hydrogens is 312 g/mol. The summed E-state index contributed by atoms with van der Waals surface area (Å²) >= 11 is 6.00. The SMILES string of the molecule is COc1ccc(Cl)c(C=NNS(=O)(=O)c2ccccc2)c1. The molecule has 0 amide bonds. The van der Waals surface area contributed by atoms with Crippen molar-refractivity contribution in [1.29, 1.82) is 0 Å². The van der Waals surface area contributed by atoms with Gasteiger partial charge in [0, 0.05) is 10.6 Å². The third kappa shape index (κ3) is 3.96. The molecule has 0 bridgehead atoms. The summed E-state index contributed by atoms with van der Waals surface area (Å²) in [6, 6.07) is 13.0. The average Bonchev–Trinajstić information content (AvgIpc) is 2.50. The normalized spacial score (nSPS) is 11.5. The van der Waals surface area contributed by atoms with E-state index in [4.69, 9.17) is 16.3 Å². The highest BCUT2D eigenvalue weighted by molar-refractivity contribution is 7.89. The molecule has 0 fully saturated rings. The fraction of sp³-hybridized carbons (Fsp3) is 0.0714. The number of nitrogens with one attached hydrogen (secondary N) is 1. The molecule has 5 nitrogen and oxygen atoms in total. The average molecular weight is 325 g/mol. The Labute approximate surface area is 128 Å². The van der Waals surface area contributed by atoms with Crippen LogP contribution in [0.1, 0.15) is 5.56 Å². The molecule has 0 aromatic heterocycles. The standard InChI is InChI=1S/C14H13ClN2O3S/c1-20-12-7-8-14(15)11(9-12)10-16-17-21(18,19)13-5-3-2-4-6-13/h2-10,17H,1H3. The molecule has 0 radical (unpaired) electrons. The van der Waals surface area contributed by atoms with Gasteiger partial charge in [0.05, 0.1) is 18.2 Å². The molecule has 0 aliphatic carbocycles. The van der Waals surface area contributed by atoms with Crippen molar-refractivity contribution in [2.45, 2.75) is 4.90 Å². The van der Waals surface area contributed by atoms with Crippen molar-refractivity contribution in [1.82, 2.24) is 4.83 Å². The Morgan fingerprint density at radius 3 is 2.57 bits per heavy atom. The number of hydrogen-bond acceptors (Lipinski definition) is 4. The summed E-state index contributed by atoms with van der Waals surface area (Å²) in [6.07, 6.45) is 1.32. The summed E-state index contributed by atoms with van der Waals surface area (Å²) in [5.74, 6) is 0.603. The molecule has 0 aliphatic rings. The second-order valence-electron chi connectivity index (χ2n) is 4.05. The molecule has 21 heavy (non-hydrogen) atoms. The molecular formula is C14H13ClN2O3S. The highest BCUT2D eigenvalue weighted by Gasteiger charge is 2.11. The molecule has 2 aromatic carbocycles. The van der Waals surface area contributed by atoms with E-state index >= 15 is 0 Å². The zero-order chi connectivity index (χ0) is 15.3. The molecule has 0 aliphatic heterocycles. The van der Waals surface area contributed by atoms with Gasteiger partial charge in [-0.1, -0.05) is 29.8 Å². The number of benzene rings is 2. The first kappa shape index (κ1) is 15.3. The third-order valence-electron chi connectivity index (χ3n) is 2.63. The van der Waals surface area contributed by atoms with Gasteiger partial charge in [-0.05, 0) is 30.3 Å². The van der Waals surface area contributed by atoms with Crippen LogP contribution in [0.4, 0.5) is 0 Å². The molecule has 0 atom stereocenters. The van der Waals surface area contributed by atoms with E-state index in [2.05, 4.69) is 9.93 Å². The predicted molar refractivity (Wildman–Crippen MR) is 82.4 cm³/mol. The monoisotopic (exact) mass is 324 g/mol. The van der Waals surface area contributed by atoms with E-state index in [0.717, 1.165) is 0 Å². The first-order valence-corrected chi connectivity index (χ1v) is 7.82. The second kappa shape index (κ2) is 6.60. The molecule has 7 heteroatoms. The van der Waals surface area contributed by atoms with Gasteiger partial charge in [0.2, 0.25) is 0 Å². The maximum atomic E-state index is 11.9. The van der Waals surface area contributed by atoms with Gasteiger partial charge < -0.3 is 4.74 Å². The fourth-order valence-corrected chi connectivity index (χ4v) is 2.54. The van der Waals surface area contributed by atoms with E-state index in [0.29, 0.717) is 16.3 Å². The fourth-order valence-electron chi connectivity index (χ4n) is 1.57. The molecule has 110 valence electrons. The zero-order valence-electron chi connectivity index (χ0n) is 11.2. The van der Waals surface area contributed by atoms with Gasteiger partial charge in [-0.3, -0.25) is 0 Å². The van der Waals surface area contributed by atoms with Gasteiger partial charge in [0.1, 0.15) is 5.75 Å². The van der Waals surface area contributed by atoms with Gasteiger partial charge in [-0.25, -0.2) is 4.83 Å². The Hall–Kier alpha value is -2.05. The Morgan fingerprint density at radius 1 is 1.19 bits per heavy atom. The second-order valence-corrected chi connectivity index (χ2v) is 6.12. The molecule has 0 saturated heterocycles. The Bertz CT molecular complexity index is 746. The number of ether oxygens (including phenoxy) is 1. The lowest BCUT2D eigenvalue weighted by atomic mass is 10.2. The van der Waals surface area contributed by atoms with Crippen LogP contribution >= 0.6 is 11.6 Å². The molecule has 0 spiro atoms. The number of halogens is 1. The third-order valence-corrected chi connectivity index (χ3v) is 4.22. The largest absolute Gasteiger partial charge is 0.497 e. The summed E-state index contributed by atoms with van der Waals surface area (Å²) in [5, 5.41) is 4.17. The summed E-state index contributed by atoms with van der Waals surface area (Å²) in [7, 11) is -2.15. The number of hydrogen-bond donors (Lipinski definition) is 1. The van der Waals surface area contributed by atoms with Crippen molar-refractivity contribution >= 4 is 27.8 Å². The number of hydrazone groups is 1. The number of methoxy groups -OCH3 is 1. The van der Waals surface area contributed by atoms with Crippen LogP contribution < -0.4 is 9.57 Å². The van der Waals surface area contributed by atoms with Crippen LogP contribution in [0.15, 0.2) is 58.5 Å². The van der Waals surface area contributed by atoms with E-state index in [-0.39, 0.29) is 4.90 Å². The van der Waals surface area contributed by atoms with Crippen molar-refractivity contribution in [3.8, 4) is 5.75 Å². The minimum Gasteiger partial charge on any atom is -0.497 e. The summed E-state index contributed by atoms with van der Waals surface area (Å²) < 4.78 is 29.0. The van der Waals surface area contributed by atoms with Crippen molar-refractivity contribution in [2.24, 2.45) is 5.10 Å². The lowest BCUT2D eigenvalue weighted by Crippen LogP contribution is -2.18. The van der Waals surface area contributed by atoms with Crippen molar-refractivity contribution < 1.29 is 13.2 Å². The topological polar surface area (TPSA) is 67.8 Å². The van der Waals surface area contributed by atoms with Crippen molar-refractivity contribution in [2.75, 3.05) is 7.11 Å². The van der Waals surface area contributed by atoms with Gasteiger partial charge in [-0.2, -0.15) is 13.5 Å². The van der Waals surface area contributed by atoms with Gasteiger partial charge >= 0.3 is 0 Å². The van der Waals surface area contributed by atoms with Crippen LogP contribution in [-0.4, -0.2) is 21.7 Å². The predicted octanol–water partition coefficient (Wildman–Crippen LogP) is 2.66. The minimum atomic E-state index is -3.68. The van der Waals surface area contributed by atoms with E-state index in [9.17, 15) is 8.42 Å². The molecule has 1 N–H and O–H groups in total. The maximum Gasteiger partial charge on any atom is 0.276 e. The van der Waals surface area contributed by atoms with Crippen LogP contribution in [-0.2, 0) is 10.0 Å². The van der Waals surface area contributed by atoms with Crippen LogP contribution in [0.2, 0.25) is 5.02 Å². The number of sulfonamides is 1. The summed E-state index contributed by atoms with van der Waals surface area (Å²) in [5.41, 5.74) is 0.548. The Kier molecular flexibility index (Phi) is 4.82. The zero-order valence-corrected chi connectivity index (χ0v) is 12.7. The highest BCUT2D eigenvalue weighted by atomic mass is 35.5. The van der Waals surface area contributed by atoms with E-state index in [1.807, 2.05) is 0 Å². The highest BCUT2D eigenvalue weighted by Crippen LogP contribution is 2.20. The molecule has 0 unspecified atom stereocenters. The summed E-state index contributed by atoms with van der Waals surface area (Å²) in [4.78, 5) is 2.27. The first-order chi connectivity index (χ1) is 10.0. The summed E-state index contributed by atoms with van der Waals surface area (Å²) in [6.45, 7) is 0.